The number of carbonyl (C=O) groups is 1. The predicted octanol–water partition coefficient (Wildman–Crippen LogP) is 2.92. The van der Waals surface area contributed by atoms with E-state index in [2.05, 4.69) is 0 Å². The quantitative estimate of drug-likeness (QED) is 0.599. The molecule has 94 valence electrons. The van der Waals surface area contributed by atoms with Crippen LogP contribution >= 0.6 is 0 Å². The van der Waals surface area contributed by atoms with Gasteiger partial charge in [-0.1, -0.05) is 20.8 Å². The first kappa shape index (κ1) is 13.6. The number of rotatable bonds is 4. The Morgan fingerprint density at radius 3 is 2.47 bits per heavy atom. The predicted molar refractivity (Wildman–Crippen MR) is 63.0 cm³/mol. The fourth-order valence-corrected chi connectivity index (χ4v) is 1.49. The van der Waals surface area contributed by atoms with Gasteiger partial charge in [0.25, 0.3) is 0 Å². The molecular formula is C13H17FO3. The van der Waals surface area contributed by atoms with Gasteiger partial charge in [0.15, 0.2) is 13.1 Å². The summed E-state index contributed by atoms with van der Waals surface area (Å²) in [5, 5.41) is 0. The van der Waals surface area contributed by atoms with E-state index in [1.54, 1.807) is 0 Å². The Balaban J connectivity index is 3.20. The summed E-state index contributed by atoms with van der Waals surface area (Å²) in [7, 11) is 1.46. The van der Waals surface area contributed by atoms with Crippen LogP contribution in [0.25, 0.3) is 0 Å². The van der Waals surface area contributed by atoms with Crippen LogP contribution in [0, 0.1) is 5.82 Å². The monoisotopic (exact) mass is 240 g/mol. The van der Waals surface area contributed by atoms with Crippen LogP contribution in [0.4, 0.5) is 4.39 Å². The van der Waals surface area contributed by atoms with Crippen molar-refractivity contribution in [3.63, 3.8) is 0 Å². The van der Waals surface area contributed by atoms with Gasteiger partial charge < -0.3 is 9.47 Å². The molecule has 0 aliphatic carbocycles. The first-order valence-electron chi connectivity index (χ1n) is 5.31. The van der Waals surface area contributed by atoms with Crippen molar-refractivity contribution >= 4 is 6.29 Å². The molecule has 0 fully saturated rings. The summed E-state index contributed by atoms with van der Waals surface area (Å²) in [4.78, 5) is 10.9. The maximum absolute atomic E-state index is 13.9. The molecule has 1 rings (SSSR count). The summed E-state index contributed by atoms with van der Waals surface area (Å²) in [6, 6.07) is 2.75. The summed E-state index contributed by atoms with van der Waals surface area (Å²) in [6.07, 6.45) is 0.652. The van der Waals surface area contributed by atoms with Crippen LogP contribution in [0.3, 0.4) is 0 Å². The molecule has 0 heterocycles. The van der Waals surface area contributed by atoms with Crippen molar-refractivity contribution in [2.45, 2.75) is 26.2 Å². The molecule has 0 N–H and O–H groups in total. The van der Waals surface area contributed by atoms with E-state index in [0.29, 0.717) is 17.4 Å². The lowest BCUT2D eigenvalue weighted by molar-refractivity contribution is 0.0503. The summed E-state index contributed by atoms with van der Waals surface area (Å²) in [6.45, 7) is 5.64. The highest BCUT2D eigenvalue weighted by Gasteiger charge is 2.21. The molecule has 0 aromatic heterocycles. The van der Waals surface area contributed by atoms with E-state index in [-0.39, 0.29) is 23.8 Å². The SMILES string of the molecule is COCOc1cc(F)c(C(C)(C)C)cc1C=O. The highest BCUT2D eigenvalue weighted by Crippen LogP contribution is 2.30. The molecule has 0 saturated carbocycles. The standard InChI is InChI=1S/C13H17FO3/c1-13(2,3)10-5-9(7-15)12(6-11(10)14)17-8-16-4/h5-7H,8H2,1-4H3. The first-order valence-corrected chi connectivity index (χ1v) is 5.31. The minimum atomic E-state index is -0.380. The molecule has 0 amide bonds. The molecule has 4 heteroatoms. The van der Waals surface area contributed by atoms with Crippen LogP contribution in [-0.2, 0) is 10.2 Å². The lowest BCUT2D eigenvalue weighted by Crippen LogP contribution is -2.15. The minimum absolute atomic E-state index is 0.0187. The summed E-state index contributed by atoms with van der Waals surface area (Å²) in [5.41, 5.74) is 0.458. The van der Waals surface area contributed by atoms with Crippen molar-refractivity contribution in [3.05, 3.63) is 29.1 Å². The molecule has 0 aliphatic rings. The van der Waals surface area contributed by atoms with Gasteiger partial charge in [-0.25, -0.2) is 4.39 Å². The van der Waals surface area contributed by atoms with Gasteiger partial charge in [0, 0.05) is 13.2 Å². The third-order valence-electron chi connectivity index (χ3n) is 2.37. The van der Waals surface area contributed by atoms with Crippen LogP contribution in [0.5, 0.6) is 5.75 Å². The Kier molecular flexibility index (Phi) is 4.23. The highest BCUT2D eigenvalue weighted by atomic mass is 19.1. The second-order valence-electron chi connectivity index (χ2n) is 4.79. The topological polar surface area (TPSA) is 35.5 Å². The average molecular weight is 240 g/mol. The van der Waals surface area contributed by atoms with Crippen molar-refractivity contribution in [3.8, 4) is 5.75 Å². The van der Waals surface area contributed by atoms with Crippen molar-refractivity contribution in [2.75, 3.05) is 13.9 Å². The lowest BCUT2D eigenvalue weighted by Gasteiger charge is -2.21. The number of methoxy groups -OCH3 is 1. The van der Waals surface area contributed by atoms with E-state index in [1.165, 1.54) is 19.2 Å². The van der Waals surface area contributed by atoms with Crippen molar-refractivity contribution in [2.24, 2.45) is 0 Å². The number of hydrogen-bond acceptors (Lipinski definition) is 3. The van der Waals surface area contributed by atoms with Crippen LogP contribution in [0.1, 0.15) is 36.7 Å². The number of carbonyl (C=O) groups excluding carboxylic acids is 1. The summed E-state index contributed by atoms with van der Waals surface area (Å²) < 4.78 is 23.7. The van der Waals surface area contributed by atoms with Gasteiger partial charge in [0.2, 0.25) is 0 Å². The van der Waals surface area contributed by atoms with Gasteiger partial charge in [0.1, 0.15) is 11.6 Å². The van der Waals surface area contributed by atoms with Crippen LogP contribution in [-0.4, -0.2) is 20.2 Å². The number of hydrogen-bond donors (Lipinski definition) is 0. The fourth-order valence-electron chi connectivity index (χ4n) is 1.49. The Bertz CT molecular complexity index is 408. The zero-order chi connectivity index (χ0) is 13.1. The number of aldehydes is 1. The van der Waals surface area contributed by atoms with Crippen LogP contribution in [0.2, 0.25) is 0 Å². The number of ether oxygens (including phenoxy) is 2. The third kappa shape index (κ3) is 3.27. The molecule has 0 unspecified atom stereocenters. The van der Waals surface area contributed by atoms with Gasteiger partial charge in [-0.2, -0.15) is 0 Å². The molecule has 0 atom stereocenters. The lowest BCUT2D eigenvalue weighted by atomic mass is 9.85. The Hall–Kier alpha value is -1.42. The van der Waals surface area contributed by atoms with Gasteiger partial charge in [0.05, 0.1) is 5.56 Å². The van der Waals surface area contributed by atoms with Crippen LogP contribution < -0.4 is 4.74 Å². The van der Waals surface area contributed by atoms with Crippen molar-refractivity contribution < 1.29 is 18.7 Å². The smallest absolute Gasteiger partial charge is 0.188 e. The third-order valence-corrected chi connectivity index (χ3v) is 2.37. The first-order chi connectivity index (χ1) is 7.90. The van der Waals surface area contributed by atoms with Crippen molar-refractivity contribution in [1.82, 2.24) is 0 Å². The zero-order valence-electron chi connectivity index (χ0n) is 10.5. The molecule has 0 radical (unpaired) electrons. The molecule has 0 aliphatic heterocycles. The van der Waals surface area contributed by atoms with Gasteiger partial charge >= 0.3 is 0 Å². The fraction of sp³-hybridized carbons (Fsp3) is 0.462. The van der Waals surface area contributed by atoms with Crippen LogP contribution in [0.15, 0.2) is 12.1 Å². The normalized spacial score (nSPS) is 11.4. The maximum atomic E-state index is 13.9. The average Bonchev–Trinajstić information content (AvgIpc) is 2.24. The van der Waals surface area contributed by atoms with E-state index >= 15 is 0 Å². The number of halogens is 1. The minimum Gasteiger partial charge on any atom is -0.467 e. The molecule has 0 bridgehead atoms. The van der Waals surface area contributed by atoms with E-state index in [4.69, 9.17) is 9.47 Å². The summed E-state index contributed by atoms with van der Waals surface area (Å²) >= 11 is 0. The second-order valence-corrected chi connectivity index (χ2v) is 4.79. The molecule has 3 nitrogen and oxygen atoms in total. The summed E-state index contributed by atoms with van der Waals surface area (Å²) in [5.74, 6) is -0.179. The van der Waals surface area contributed by atoms with E-state index in [0.717, 1.165) is 0 Å². The molecular weight excluding hydrogens is 223 g/mol. The zero-order valence-corrected chi connectivity index (χ0v) is 10.5. The molecule has 0 spiro atoms. The second kappa shape index (κ2) is 5.27. The van der Waals surface area contributed by atoms with E-state index < -0.39 is 0 Å². The van der Waals surface area contributed by atoms with E-state index in [1.807, 2.05) is 20.8 Å². The molecule has 1 aromatic rings. The molecule has 1 aromatic carbocycles. The Morgan fingerprint density at radius 2 is 2.00 bits per heavy atom. The highest BCUT2D eigenvalue weighted by molar-refractivity contribution is 5.79. The van der Waals surface area contributed by atoms with Gasteiger partial charge in [-0.15, -0.1) is 0 Å². The molecule has 0 saturated heterocycles. The van der Waals surface area contributed by atoms with Gasteiger partial charge in [-0.3, -0.25) is 4.79 Å². The largest absolute Gasteiger partial charge is 0.467 e. The van der Waals surface area contributed by atoms with E-state index in [9.17, 15) is 9.18 Å². The Labute approximate surface area is 101 Å². The Morgan fingerprint density at radius 1 is 1.35 bits per heavy atom. The number of benzene rings is 1. The van der Waals surface area contributed by atoms with Crippen molar-refractivity contribution in [1.29, 1.82) is 0 Å². The van der Waals surface area contributed by atoms with Gasteiger partial charge in [-0.05, 0) is 17.0 Å². The maximum Gasteiger partial charge on any atom is 0.188 e. The molecule has 17 heavy (non-hydrogen) atoms.